The number of hydrogen-bond donors (Lipinski definition) is 4. The van der Waals surface area contributed by atoms with Crippen molar-refractivity contribution >= 4 is 5.91 Å². The number of carbonyl (C=O) groups excluding carboxylic acids is 1. The second-order valence-electron chi connectivity index (χ2n) is 4.20. The number of H-pyrrole nitrogens is 2. The van der Waals surface area contributed by atoms with Crippen molar-refractivity contribution in [2.24, 2.45) is 0 Å². The maximum absolute atomic E-state index is 11.7. The van der Waals surface area contributed by atoms with Gasteiger partial charge in [0.2, 0.25) is 0 Å². The number of carbonyl (C=O) groups is 1. The fraction of sp³-hybridized carbons (Fsp3) is 0.500. The van der Waals surface area contributed by atoms with Crippen LogP contribution in [0.1, 0.15) is 16.8 Å². The highest BCUT2D eigenvalue weighted by Gasteiger charge is 2.32. The maximum Gasteiger partial charge on any atom is 0.325 e. The first kappa shape index (κ1) is 12.5. The number of aromatic nitrogens is 2. The average Bonchev–Trinajstić information content (AvgIpc) is 2.74. The van der Waals surface area contributed by atoms with Gasteiger partial charge in [-0.1, -0.05) is 0 Å². The third-order valence-electron chi connectivity index (χ3n) is 2.72. The Morgan fingerprint density at radius 2 is 2.33 bits per heavy atom. The molecule has 1 fully saturated rings. The molecule has 1 aliphatic heterocycles. The zero-order valence-corrected chi connectivity index (χ0v) is 9.49. The Labute approximate surface area is 101 Å². The molecular weight excluding hydrogens is 242 g/mol. The first-order valence-electron chi connectivity index (χ1n) is 5.40. The molecule has 98 valence electrons. The molecule has 1 aliphatic rings. The number of hydrogen-bond acceptors (Lipinski definition) is 5. The largest absolute Gasteiger partial charge is 0.386 e. The predicted octanol–water partition coefficient (Wildman–Crippen LogP) is -2.06. The SMILES string of the molecule is O=C(NCC1(O)CCOC1)c1c[nH]c(=O)[nH]c1=O. The molecule has 18 heavy (non-hydrogen) atoms. The number of amides is 1. The summed E-state index contributed by atoms with van der Waals surface area (Å²) in [6, 6.07) is 0. The van der Waals surface area contributed by atoms with E-state index in [4.69, 9.17) is 4.74 Å². The highest BCUT2D eigenvalue weighted by molar-refractivity contribution is 5.93. The Hall–Kier alpha value is -1.93. The van der Waals surface area contributed by atoms with E-state index in [2.05, 4.69) is 10.3 Å². The van der Waals surface area contributed by atoms with Gasteiger partial charge in [0.15, 0.2) is 0 Å². The van der Waals surface area contributed by atoms with Crippen LogP contribution in [0.4, 0.5) is 0 Å². The summed E-state index contributed by atoms with van der Waals surface area (Å²) in [5.74, 6) is -0.659. The summed E-state index contributed by atoms with van der Waals surface area (Å²) < 4.78 is 5.02. The third kappa shape index (κ3) is 2.66. The van der Waals surface area contributed by atoms with E-state index >= 15 is 0 Å². The Morgan fingerprint density at radius 1 is 1.56 bits per heavy atom. The molecule has 1 unspecified atom stereocenters. The summed E-state index contributed by atoms with van der Waals surface area (Å²) in [7, 11) is 0. The molecule has 8 heteroatoms. The van der Waals surface area contributed by atoms with Crippen molar-refractivity contribution in [3.63, 3.8) is 0 Å². The molecule has 4 N–H and O–H groups in total. The van der Waals surface area contributed by atoms with Crippen molar-refractivity contribution in [1.82, 2.24) is 15.3 Å². The summed E-state index contributed by atoms with van der Waals surface area (Å²) in [5.41, 5.74) is -2.76. The monoisotopic (exact) mass is 255 g/mol. The van der Waals surface area contributed by atoms with E-state index in [9.17, 15) is 19.5 Å². The van der Waals surface area contributed by atoms with Crippen LogP contribution in [0.5, 0.6) is 0 Å². The fourth-order valence-electron chi connectivity index (χ4n) is 1.65. The summed E-state index contributed by atoms with van der Waals surface area (Å²) >= 11 is 0. The molecule has 2 rings (SSSR count). The van der Waals surface area contributed by atoms with Crippen LogP contribution in [0.2, 0.25) is 0 Å². The third-order valence-corrected chi connectivity index (χ3v) is 2.72. The van der Waals surface area contributed by atoms with E-state index in [1.54, 1.807) is 0 Å². The van der Waals surface area contributed by atoms with E-state index in [1.807, 2.05) is 4.98 Å². The second kappa shape index (κ2) is 4.75. The highest BCUT2D eigenvalue weighted by Crippen LogP contribution is 2.16. The van der Waals surface area contributed by atoms with Crippen molar-refractivity contribution < 1.29 is 14.6 Å². The standard InChI is InChI=1S/C10H13N3O5/c14-7(6-3-11-9(16)13-8(6)15)12-4-10(17)1-2-18-5-10/h3,17H,1-2,4-5H2,(H,12,14)(H2,11,13,15,16). The minimum atomic E-state index is -1.09. The molecule has 2 heterocycles. The lowest BCUT2D eigenvalue weighted by Crippen LogP contribution is -2.44. The van der Waals surface area contributed by atoms with Crippen molar-refractivity contribution in [2.75, 3.05) is 19.8 Å². The van der Waals surface area contributed by atoms with Gasteiger partial charge in [-0.25, -0.2) is 4.79 Å². The van der Waals surface area contributed by atoms with Crippen LogP contribution in [0.3, 0.4) is 0 Å². The quantitative estimate of drug-likeness (QED) is 0.494. The average molecular weight is 255 g/mol. The molecule has 0 aliphatic carbocycles. The molecule has 1 atom stereocenters. The van der Waals surface area contributed by atoms with Crippen molar-refractivity contribution in [3.05, 3.63) is 32.6 Å². The Balaban J connectivity index is 2.04. The van der Waals surface area contributed by atoms with Gasteiger partial charge in [-0.3, -0.25) is 14.6 Å². The fourth-order valence-corrected chi connectivity index (χ4v) is 1.65. The number of aliphatic hydroxyl groups is 1. The van der Waals surface area contributed by atoms with Gasteiger partial charge < -0.3 is 20.1 Å². The Morgan fingerprint density at radius 3 is 2.94 bits per heavy atom. The molecule has 0 saturated carbocycles. The summed E-state index contributed by atoms with van der Waals surface area (Å²) in [4.78, 5) is 37.9. The van der Waals surface area contributed by atoms with Crippen LogP contribution in [0.15, 0.2) is 15.8 Å². The minimum absolute atomic E-state index is 0.00952. The van der Waals surface area contributed by atoms with E-state index < -0.39 is 22.8 Å². The normalized spacial score (nSPS) is 22.9. The molecule has 0 radical (unpaired) electrons. The van der Waals surface area contributed by atoms with Crippen molar-refractivity contribution in [1.29, 1.82) is 0 Å². The highest BCUT2D eigenvalue weighted by atomic mass is 16.5. The molecule has 0 spiro atoms. The molecule has 0 aromatic carbocycles. The summed E-state index contributed by atoms with van der Waals surface area (Å²) in [5, 5.41) is 12.3. The number of ether oxygens (including phenoxy) is 1. The molecular formula is C10H13N3O5. The van der Waals surface area contributed by atoms with Gasteiger partial charge in [0.1, 0.15) is 11.2 Å². The molecule has 8 nitrogen and oxygen atoms in total. The van der Waals surface area contributed by atoms with Crippen molar-refractivity contribution in [3.8, 4) is 0 Å². The van der Waals surface area contributed by atoms with Crippen LogP contribution in [-0.2, 0) is 4.74 Å². The molecule has 1 aromatic heterocycles. The van der Waals surface area contributed by atoms with Gasteiger partial charge in [0, 0.05) is 25.8 Å². The zero-order valence-electron chi connectivity index (χ0n) is 9.49. The Kier molecular flexibility index (Phi) is 3.30. The number of aromatic amines is 2. The topological polar surface area (TPSA) is 124 Å². The van der Waals surface area contributed by atoms with Crippen LogP contribution < -0.4 is 16.6 Å². The first-order valence-corrected chi connectivity index (χ1v) is 5.40. The second-order valence-corrected chi connectivity index (χ2v) is 4.20. The van der Waals surface area contributed by atoms with E-state index in [1.165, 1.54) is 0 Å². The van der Waals surface area contributed by atoms with E-state index in [0.717, 1.165) is 6.20 Å². The molecule has 1 aromatic rings. The summed E-state index contributed by atoms with van der Waals surface area (Å²) in [6.45, 7) is 0.575. The van der Waals surface area contributed by atoms with Crippen LogP contribution in [-0.4, -0.2) is 46.3 Å². The lowest BCUT2D eigenvalue weighted by Gasteiger charge is -2.20. The number of rotatable bonds is 3. The van der Waals surface area contributed by atoms with Gasteiger partial charge in [0.25, 0.3) is 11.5 Å². The first-order chi connectivity index (χ1) is 8.50. The van der Waals surface area contributed by atoms with Crippen LogP contribution >= 0.6 is 0 Å². The lowest BCUT2D eigenvalue weighted by atomic mass is 10.0. The zero-order chi connectivity index (χ0) is 13.2. The van der Waals surface area contributed by atoms with Crippen LogP contribution in [0, 0.1) is 0 Å². The summed E-state index contributed by atoms with van der Waals surface area (Å²) in [6.07, 6.45) is 1.46. The van der Waals surface area contributed by atoms with E-state index in [0.29, 0.717) is 13.0 Å². The molecule has 1 saturated heterocycles. The van der Waals surface area contributed by atoms with Gasteiger partial charge in [-0.05, 0) is 0 Å². The van der Waals surface area contributed by atoms with Gasteiger partial charge >= 0.3 is 5.69 Å². The number of nitrogens with one attached hydrogen (secondary N) is 3. The smallest absolute Gasteiger partial charge is 0.325 e. The van der Waals surface area contributed by atoms with Crippen molar-refractivity contribution in [2.45, 2.75) is 12.0 Å². The minimum Gasteiger partial charge on any atom is -0.386 e. The van der Waals surface area contributed by atoms with E-state index in [-0.39, 0.29) is 18.7 Å². The Bertz CT molecular complexity index is 555. The van der Waals surface area contributed by atoms with Crippen LogP contribution in [0.25, 0.3) is 0 Å². The molecule has 0 bridgehead atoms. The van der Waals surface area contributed by atoms with Gasteiger partial charge in [-0.2, -0.15) is 0 Å². The van der Waals surface area contributed by atoms with Gasteiger partial charge in [-0.15, -0.1) is 0 Å². The maximum atomic E-state index is 11.7. The lowest BCUT2D eigenvalue weighted by molar-refractivity contribution is 0.0264. The predicted molar refractivity (Wildman–Crippen MR) is 60.4 cm³/mol. The molecule has 1 amide bonds. The van der Waals surface area contributed by atoms with Gasteiger partial charge in [0.05, 0.1) is 6.61 Å².